The number of methoxy groups -OCH3 is 2. The largest absolute Gasteiger partial charge is 0.534 e. The van der Waals surface area contributed by atoms with Crippen molar-refractivity contribution in [2.75, 3.05) is 14.2 Å². The fraction of sp³-hybridized carbons (Fsp3) is 0.231. The van der Waals surface area contributed by atoms with Gasteiger partial charge in [0, 0.05) is 51.0 Å². The van der Waals surface area contributed by atoms with Gasteiger partial charge in [-0.25, -0.2) is 23.7 Å². The van der Waals surface area contributed by atoms with E-state index >= 15 is 0 Å². The van der Waals surface area contributed by atoms with E-state index in [1.165, 1.54) is 12.3 Å². The molecule has 9 rings (SSSR count). The first-order valence-electron chi connectivity index (χ1n) is 18.0. The number of pyridine rings is 6. The highest BCUT2D eigenvalue weighted by molar-refractivity contribution is 7.87. The summed E-state index contributed by atoms with van der Waals surface area (Å²) in [6.07, 6.45) is 11.7. The van der Waals surface area contributed by atoms with E-state index < -0.39 is 27.3 Å². The average molecular weight is 865 g/mol. The topological polar surface area (TPSA) is 189 Å². The molecule has 316 valence electrons. The van der Waals surface area contributed by atoms with Crippen molar-refractivity contribution in [1.29, 1.82) is 0 Å². The predicted molar refractivity (Wildman–Crippen MR) is 215 cm³/mol. The SMILES string of the molecule is COc1cncc(-c2cc3c(cn2)[nH]c2ncc(F)cc23)c1.COc1cncc(B2OC(C)(C)C(C)(C)O2)c1.O=S(=O)(Oc1cc2c(cn1)[nH]c1ncc(F)cc12)C(F)(F)F. The highest BCUT2D eigenvalue weighted by Crippen LogP contribution is 2.37. The number of fused-ring (bicyclic) bond motifs is 6. The van der Waals surface area contributed by atoms with E-state index in [-0.39, 0.29) is 40.6 Å². The van der Waals surface area contributed by atoms with Crippen molar-refractivity contribution in [3.8, 4) is 28.6 Å². The maximum Gasteiger partial charge on any atom is 0.534 e. The number of halogens is 5. The molecule has 0 atom stereocenters. The fourth-order valence-electron chi connectivity index (χ4n) is 5.97. The molecule has 61 heavy (non-hydrogen) atoms. The number of hydrogen-bond donors (Lipinski definition) is 2. The fourth-order valence-corrected chi connectivity index (χ4v) is 6.38. The second-order valence-corrected chi connectivity index (χ2v) is 15.9. The molecule has 8 aromatic rings. The molecule has 1 saturated heterocycles. The van der Waals surface area contributed by atoms with Crippen LogP contribution in [0.4, 0.5) is 22.0 Å². The Morgan fingerprint density at radius 2 is 1.16 bits per heavy atom. The normalized spacial score (nSPS) is 14.7. The first kappa shape index (κ1) is 42.6. The Morgan fingerprint density at radius 3 is 1.72 bits per heavy atom. The van der Waals surface area contributed by atoms with Gasteiger partial charge in [-0.15, -0.1) is 0 Å². The number of alkyl halides is 3. The van der Waals surface area contributed by atoms with Crippen molar-refractivity contribution in [3.05, 3.63) is 97.6 Å². The molecule has 0 bridgehead atoms. The number of ether oxygens (including phenoxy) is 2. The second-order valence-electron chi connectivity index (χ2n) is 14.4. The van der Waals surface area contributed by atoms with Gasteiger partial charge in [-0.2, -0.15) is 21.6 Å². The number of aromatic amines is 2. The molecule has 0 radical (unpaired) electrons. The zero-order valence-electron chi connectivity index (χ0n) is 33.0. The highest BCUT2D eigenvalue weighted by atomic mass is 32.2. The van der Waals surface area contributed by atoms with Gasteiger partial charge in [0.15, 0.2) is 0 Å². The van der Waals surface area contributed by atoms with Crippen molar-refractivity contribution in [2.45, 2.75) is 44.4 Å². The van der Waals surface area contributed by atoms with E-state index in [1.54, 1.807) is 45.2 Å². The molecule has 22 heteroatoms. The van der Waals surface area contributed by atoms with Crippen molar-refractivity contribution in [3.63, 3.8) is 0 Å². The number of nitrogens with one attached hydrogen (secondary N) is 2. The molecule has 8 aromatic heterocycles. The summed E-state index contributed by atoms with van der Waals surface area (Å²) in [7, 11) is -3.01. The van der Waals surface area contributed by atoms with E-state index in [0.29, 0.717) is 22.7 Å². The molecular weight excluding hydrogens is 830 g/mol. The van der Waals surface area contributed by atoms with Gasteiger partial charge in [0.25, 0.3) is 0 Å². The molecule has 0 amide bonds. The van der Waals surface area contributed by atoms with Gasteiger partial charge >= 0.3 is 22.7 Å². The minimum Gasteiger partial charge on any atom is -0.495 e. The molecule has 0 aromatic carbocycles. The summed E-state index contributed by atoms with van der Waals surface area (Å²) >= 11 is 0. The zero-order chi connectivity index (χ0) is 43.9. The molecule has 0 unspecified atom stereocenters. The quantitative estimate of drug-likeness (QED) is 0.0741. The van der Waals surface area contributed by atoms with Gasteiger partial charge in [0.1, 0.15) is 34.4 Å². The Morgan fingerprint density at radius 1 is 0.639 bits per heavy atom. The number of rotatable bonds is 6. The standard InChI is InChI=1S/C16H11FN4O.C12H18BNO3.C11H5F4N3O3S/c1-22-11-2-9(5-18-7-11)14-4-12-13-3-10(17)6-20-16(13)21-15(12)8-19-14;1-11(2)12(3,4)17-13(16-11)9-6-10(15-5)8-14-7-9;12-5-1-7-6-2-9(21-22(19,20)11(13,14)15)16-4-8(6)18-10(7)17-3-5/h2-8H,1H3,(H,20,21);6-8H,1-5H3;1-4H,(H,17,18). The summed E-state index contributed by atoms with van der Waals surface area (Å²) in [4.78, 5) is 29.8. The van der Waals surface area contributed by atoms with Crippen molar-refractivity contribution in [1.82, 2.24) is 39.9 Å². The van der Waals surface area contributed by atoms with Crippen LogP contribution in [0.5, 0.6) is 17.4 Å². The first-order valence-corrected chi connectivity index (χ1v) is 19.4. The Balaban J connectivity index is 0.000000139. The Kier molecular flexibility index (Phi) is 11.3. The van der Waals surface area contributed by atoms with Gasteiger partial charge < -0.3 is 32.9 Å². The summed E-state index contributed by atoms with van der Waals surface area (Å²) in [5, 5.41) is 2.08. The van der Waals surface area contributed by atoms with Gasteiger partial charge in [-0.3, -0.25) is 15.0 Å². The number of nitrogens with zero attached hydrogens (tertiary/aromatic N) is 6. The van der Waals surface area contributed by atoms with Crippen LogP contribution in [-0.4, -0.2) is 86.3 Å². The summed E-state index contributed by atoms with van der Waals surface area (Å²) < 4.78 is 111. The third kappa shape index (κ3) is 8.86. The van der Waals surface area contributed by atoms with E-state index in [9.17, 15) is 30.4 Å². The van der Waals surface area contributed by atoms with E-state index in [0.717, 1.165) is 57.5 Å². The highest BCUT2D eigenvalue weighted by Gasteiger charge is 2.52. The molecule has 15 nitrogen and oxygen atoms in total. The Labute approximate surface area is 343 Å². The number of H-pyrrole nitrogens is 2. The summed E-state index contributed by atoms with van der Waals surface area (Å²) in [6.45, 7) is 8.11. The summed E-state index contributed by atoms with van der Waals surface area (Å²) in [5.74, 6) is -0.441. The second kappa shape index (κ2) is 16.2. The van der Waals surface area contributed by atoms with Gasteiger partial charge in [-0.05, 0) is 58.0 Å². The first-order chi connectivity index (χ1) is 28.8. The lowest BCUT2D eigenvalue weighted by Gasteiger charge is -2.32. The van der Waals surface area contributed by atoms with Crippen molar-refractivity contribution >= 4 is 66.6 Å². The van der Waals surface area contributed by atoms with Crippen LogP contribution in [0, 0.1) is 11.6 Å². The minimum absolute atomic E-state index is 0.226. The van der Waals surface area contributed by atoms with Gasteiger partial charge in [0.2, 0.25) is 5.88 Å². The van der Waals surface area contributed by atoms with Crippen LogP contribution >= 0.6 is 0 Å². The lowest BCUT2D eigenvalue weighted by atomic mass is 9.80. The number of hydrogen-bond acceptors (Lipinski definition) is 13. The lowest BCUT2D eigenvalue weighted by molar-refractivity contribution is -0.0501. The Hall–Kier alpha value is -6.52. The van der Waals surface area contributed by atoms with Crippen molar-refractivity contribution in [2.24, 2.45) is 0 Å². The molecular formula is C39H34BF5N8O7S. The van der Waals surface area contributed by atoms with Crippen LogP contribution < -0.4 is 19.1 Å². The van der Waals surface area contributed by atoms with Crippen LogP contribution in [0.25, 0.3) is 55.1 Å². The van der Waals surface area contributed by atoms with E-state index in [4.69, 9.17) is 18.8 Å². The summed E-state index contributed by atoms with van der Waals surface area (Å²) in [6, 6.07) is 9.16. The lowest BCUT2D eigenvalue weighted by Crippen LogP contribution is -2.41. The van der Waals surface area contributed by atoms with Crippen LogP contribution in [0.3, 0.4) is 0 Å². The molecule has 0 spiro atoms. The molecule has 2 N–H and O–H groups in total. The van der Waals surface area contributed by atoms with E-state index in [2.05, 4.69) is 44.1 Å². The molecule has 1 fully saturated rings. The summed E-state index contributed by atoms with van der Waals surface area (Å²) in [5.41, 5.74) is -1.73. The third-order valence-electron chi connectivity index (χ3n) is 9.80. The smallest absolute Gasteiger partial charge is 0.495 e. The minimum atomic E-state index is -5.83. The predicted octanol–water partition coefficient (Wildman–Crippen LogP) is 7.19. The number of aromatic nitrogens is 8. The van der Waals surface area contributed by atoms with Crippen LogP contribution in [0.1, 0.15) is 27.7 Å². The molecule has 1 aliphatic rings. The van der Waals surface area contributed by atoms with E-state index in [1.807, 2.05) is 45.9 Å². The monoisotopic (exact) mass is 864 g/mol. The van der Waals surface area contributed by atoms with Gasteiger partial charge in [-0.1, -0.05) is 0 Å². The maximum absolute atomic E-state index is 13.4. The van der Waals surface area contributed by atoms with Crippen LogP contribution in [-0.2, 0) is 19.4 Å². The maximum atomic E-state index is 13.4. The van der Waals surface area contributed by atoms with Crippen molar-refractivity contribution < 1.29 is 53.3 Å². The third-order valence-corrected chi connectivity index (χ3v) is 10.8. The average Bonchev–Trinajstić information content (AvgIpc) is 3.84. The van der Waals surface area contributed by atoms with Crippen LogP contribution in [0.15, 0.2) is 86.0 Å². The zero-order valence-corrected chi connectivity index (χ0v) is 33.8. The molecule has 1 aliphatic heterocycles. The molecule has 0 aliphatic carbocycles. The molecule has 9 heterocycles. The molecule has 0 saturated carbocycles. The Bertz CT molecular complexity index is 3010. The van der Waals surface area contributed by atoms with Crippen LogP contribution in [0.2, 0.25) is 0 Å². The van der Waals surface area contributed by atoms with Gasteiger partial charge in [0.05, 0.1) is 79.3 Å².